The largest absolute Gasteiger partial charge is 0.465 e. The molecule has 2 heterocycles. The van der Waals surface area contributed by atoms with E-state index in [2.05, 4.69) is 20.2 Å². The fourth-order valence-corrected chi connectivity index (χ4v) is 4.12. The molecule has 10 heteroatoms. The molecule has 0 aliphatic heterocycles. The van der Waals surface area contributed by atoms with E-state index in [0.29, 0.717) is 38.8 Å². The minimum atomic E-state index is -1.13. The van der Waals surface area contributed by atoms with Crippen molar-refractivity contribution in [1.82, 2.24) is 20.2 Å². The molecule has 1 amide bonds. The van der Waals surface area contributed by atoms with Crippen molar-refractivity contribution in [2.45, 2.75) is 13.3 Å². The SMILES string of the molecule is CCN(C(=O)O)c1nc2cc(-c3cc(Cc4n[nH]c(=O)c5c(F)cccc45)ccc3F)ccc2[nH]1. The third-order valence-corrected chi connectivity index (χ3v) is 5.83. The van der Waals surface area contributed by atoms with Crippen LogP contribution in [0.1, 0.15) is 18.2 Å². The molecule has 0 aliphatic rings. The highest BCUT2D eigenvalue weighted by atomic mass is 19.1. The Kier molecular flexibility index (Phi) is 5.48. The average molecular weight is 475 g/mol. The molecule has 0 unspecified atom stereocenters. The van der Waals surface area contributed by atoms with Crippen LogP contribution in [0.5, 0.6) is 0 Å². The minimum absolute atomic E-state index is 0.0675. The van der Waals surface area contributed by atoms with Crippen molar-refractivity contribution in [2.75, 3.05) is 11.4 Å². The molecule has 3 aromatic carbocycles. The molecular weight excluding hydrogens is 456 g/mol. The fourth-order valence-electron chi connectivity index (χ4n) is 4.12. The third kappa shape index (κ3) is 3.99. The Hall–Kier alpha value is -4.60. The zero-order valence-corrected chi connectivity index (χ0v) is 18.5. The van der Waals surface area contributed by atoms with Gasteiger partial charge < -0.3 is 10.1 Å². The van der Waals surface area contributed by atoms with Gasteiger partial charge >= 0.3 is 6.09 Å². The predicted octanol–water partition coefficient (Wildman–Crippen LogP) is 4.84. The number of rotatable bonds is 5. The molecule has 0 atom stereocenters. The predicted molar refractivity (Wildman–Crippen MR) is 128 cm³/mol. The number of halogens is 2. The van der Waals surface area contributed by atoms with Gasteiger partial charge in [0.15, 0.2) is 0 Å². The smallest absolute Gasteiger partial charge is 0.414 e. The van der Waals surface area contributed by atoms with Gasteiger partial charge in [-0.2, -0.15) is 5.10 Å². The molecule has 0 fully saturated rings. The van der Waals surface area contributed by atoms with Crippen LogP contribution in [-0.2, 0) is 6.42 Å². The van der Waals surface area contributed by atoms with E-state index in [-0.39, 0.29) is 24.3 Å². The van der Waals surface area contributed by atoms with Gasteiger partial charge in [0.25, 0.3) is 5.56 Å². The van der Waals surface area contributed by atoms with Crippen LogP contribution < -0.4 is 10.5 Å². The topological polar surface area (TPSA) is 115 Å². The van der Waals surface area contributed by atoms with Crippen molar-refractivity contribution in [2.24, 2.45) is 0 Å². The number of aromatic nitrogens is 4. The fraction of sp³-hybridized carbons (Fsp3) is 0.120. The maximum Gasteiger partial charge on any atom is 0.414 e. The lowest BCUT2D eigenvalue weighted by molar-refractivity contribution is 0.202. The summed E-state index contributed by atoms with van der Waals surface area (Å²) in [7, 11) is 0. The Bertz CT molecular complexity index is 1660. The van der Waals surface area contributed by atoms with E-state index in [1.54, 1.807) is 43.3 Å². The Morgan fingerprint density at radius 3 is 2.69 bits per heavy atom. The Balaban J connectivity index is 1.53. The van der Waals surface area contributed by atoms with Crippen LogP contribution in [0.25, 0.3) is 32.9 Å². The first-order valence-electron chi connectivity index (χ1n) is 10.8. The van der Waals surface area contributed by atoms with E-state index in [9.17, 15) is 23.5 Å². The van der Waals surface area contributed by atoms with Gasteiger partial charge in [0.1, 0.15) is 11.6 Å². The first-order chi connectivity index (χ1) is 16.9. The number of fused-ring (bicyclic) bond motifs is 2. The van der Waals surface area contributed by atoms with Crippen molar-refractivity contribution >= 4 is 33.8 Å². The van der Waals surface area contributed by atoms with Crippen LogP contribution in [0, 0.1) is 11.6 Å². The van der Waals surface area contributed by atoms with Crippen molar-refractivity contribution in [3.63, 3.8) is 0 Å². The zero-order chi connectivity index (χ0) is 24.7. The number of amides is 1. The molecule has 0 aliphatic carbocycles. The normalized spacial score (nSPS) is 11.3. The molecular formula is C25H19F2N5O3. The van der Waals surface area contributed by atoms with Crippen molar-refractivity contribution in [1.29, 1.82) is 0 Å². The number of anilines is 1. The highest BCUT2D eigenvalue weighted by molar-refractivity contribution is 5.89. The highest BCUT2D eigenvalue weighted by Crippen LogP contribution is 2.29. The number of nitrogens with one attached hydrogen (secondary N) is 2. The first kappa shape index (κ1) is 22.2. The number of H-pyrrole nitrogens is 2. The first-order valence-corrected chi connectivity index (χ1v) is 10.8. The van der Waals surface area contributed by atoms with E-state index in [1.165, 1.54) is 18.2 Å². The molecule has 0 spiro atoms. The number of imidazole rings is 1. The van der Waals surface area contributed by atoms with Crippen LogP contribution in [0.2, 0.25) is 0 Å². The van der Waals surface area contributed by atoms with Gasteiger partial charge in [-0.25, -0.2) is 28.6 Å². The van der Waals surface area contributed by atoms with E-state index < -0.39 is 23.3 Å². The van der Waals surface area contributed by atoms with E-state index >= 15 is 0 Å². The summed E-state index contributed by atoms with van der Waals surface area (Å²) in [5, 5.41) is 16.1. The maximum atomic E-state index is 14.8. The molecule has 5 aromatic rings. The number of benzene rings is 3. The summed E-state index contributed by atoms with van der Waals surface area (Å²) in [6.07, 6.45) is -0.892. The molecule has 0 saturated heterocycles. The minimum Gasteiger partial charge on any atom is -0.465 e. The highest BCUT2D eigenvalue weighted by Gasteiger charge is 2.17. The van der Waals surface area contributed by atoms with Crippen LogP contribution in [-0.4, -0.2) is 37.9 Å². The molecule has 35 heavy (non-hydrogen) atoms. The second-order valence-electron chi connectivity index (χ2n) is 7.97. The van der Waals surface area contributed by atoms with Crippen LogP contribution in [0.15, 0.2) is 59.4 Å². The van der Waals surface area contributed by atoms with Gasteiger partial charge in [0.05, 0.1) is 22.1 Å². The summed E-state index contributed by atoms with van der Waals surface area (Å²) < 4.78 is 29.0. The quantitative estimate of drug-likeness (QED) is 0.337. The number of hydrogen-bond donors (Lipinski definition) is 3. The van der Waals surface area contributed by atoms with Gasteiger partial charge in [-0.15, -0.1) is 0 Å². The van der Waals surface area contributed by atoms with Crippen molar-refractivity contribution < 1.29 is 18.7 Å². The van der Waals surface area contributed by atoms with Crippen molar-refractivity contribution in [3.05, 3.63) is 87.8 Å². The molecule has 3 N–H and O–H groups in total. The van der Waals surface area contributed by atoms with Crippen molar-refractivity contribution in [3.8, 4) is 11.1 Å². The van der Waals surface area contributed by atoms with Crippen LogP contribution in [0.4, 0.5) is 19.5 Å². The van der Waals surface area contributed by atoms with Crippen LogP contribution in [0.3, 0.4) is 0 Å². The lowest BCUT2D eigenvalue weighted by Gasteiger charge is -2.12. The monoisotopic (exact) mass is 475 g/mol. The van der Waals surface area contributed by atoms with E-state index in [0.717, 1.165) is 4.90 Å². The zero-order valence-electron chi connectivity index (χ0n) is 18.5. The summed E-state index contributed by atoms with van der Waals surface area (Å²) in [6, 6.07) is 14.1. The Morgan fingerprint density at radius 1 is 1.09 bits per heavy atom. The second kappa shape index (κ2) is 8.64. The molecule has 0 saturated carbocycles. The number of nitrogens with zero attached hydrogens (tertiary/aromatic N) is 3. The van der Waals surface area contributed by atoms with Crippen LogP contribution >= 0.6 is 0 Å². The van der Waals surface area contributed by atoms with Gasteiger partial charge in [-0.05, 0) is 48.4 Å². The van der Waals surface area contributed by atoms with E-state index in [1.807, 2.05) is 0 Å². The average Bonchev–Trinajstić information content (AvgIpc) is 3.25. The lowest BCUT2D eigenvalue weighted by atomic mass is 9.98. The van der Waals surface area contributed by atoms with Gasteiger partial charge in [-0.1, -0.05) is 24.3 Å². The standard InChI is InChI=1S/C25H19F2N5O3/c1-2-32(25(34)35)24-28-19-9-7-14(12-21(19)29-24)16-10-13(6-8-17(16)26)11-20-15-4-3-5-18(27)22(15)23(33)31-30-20/h3-10,12H,2,11H2,1H3,(H,28,29)(H,31,33)(H,34,35). The molecule has 8 nitrogen and oxygen atoms in total. The summed E-state index contributed by atoms with van der Waals surface area (Å²) in [4.78, 5) is 31.9. The molecule has 176 valence electrons. The summed E-state index contributed by atoms with van der Waals surface area (Å²) >= 11 is 0. The number of hydrogen-bond acceptors (Lipinski definition) is 4. The second-order valence-corrected chi connectivity index (χ2v) is 7.97. The Labute approximate surface area is 196 Å². The van der Waals surface area contributed by atoms with E-state index in [4.69, 9.17) is 0 Å². The number of carboxylic acid groups (broad SMARTS) is 1. The molecule has 2 aromatic heterocycles. The third-order valence-electron chi connectivity index (χ3n) is 5.83. The Morgan fingerprint density at radius 2 is 1.91 bits per heavy atom. The number of aromatic amines is 2. The van der Waals surface area contributed by atoms with Gasteiger partial charge in [-0.3, -0.25) is 4.79 Å². The number of carbonyl (C=O) groups is 1. The molecule has 0 bridgehead atoms. The summed E-state index contributed by atoms with van der Waals surface area (Å²) in [6.45, 7) is 1.92. The van der Waals surface area contributed by atoms with Gasteiger partial charge in [0, 0.05) is 23.9 Å². The van der Waals surface area contributed by atoms with Gasteiger partial charge in [0.2, 0.25) is 5.95 Å². The molecule has 0 radical (unpaired) electrons. The summed E-state index contributed by atoms with van der Waals surface area (Å²) in [5.74, 6) is -0.900. The maximum absolute atomic E-state index is 14.8. The summed E-state index contributed by atoms with van der Waals surface area (Å²) in [5.41, 5.74) is 2.53. The molecule has 5 rings (SSSR count). The lowest BCUT2D eigenvalue weighted by Crippen LogP contribution is -2.29.